The van der Waals surface area contributed by atoms with E-state index in [1.54, 1.807) is 37.4 Å². The highest BCUT2D eigenvalue weighted by Crippen LogP contribution is 2.28. The average molecular weight is 293 g/mol. The Bertz CT molecular complexity index is 711. The van der Waals surface area contributed by atoms with Gasteiger partial charge in [-0.3, -0.25) is 0 Å². The van der Waals surface area contributed by atoms with Gasteiger partial charge in [-0.05, 0) is 37.3 Å². The molecule has 0 spiro atoms. The Hall–Kier alpha value is -1.92. The van der Waals surface area contributed by atoms with Gasteiger partial charge in [0.05, 0.1) is 11.0 Å². The predicted molar refractivity (Wildman–Crippen MR) is 74.5 cm³/mol. The van der Waals surface area contributed by atoms with Crippen molar-refractivity contribution >= 4 is 9.84 Å². The number of ether oxygens (including phenoxy) is 1. The smallest absolute Gasteiger partial charge is 0.225 e. The van der Waals surface area contributed by atoms with Crippen LogP contribution in [0.4, 0.5) is 0 Å². The Morgan fingerprint density at radius 3 is 2.65 bits per heavy atom. The van der Waals surface area contributed by atoms with Crippen molar-refractivity contribution in [3.63, 3.8) is 0 Å². The van der Waals surface area contributed by atoms with Crippen LogP contribution in [0, 0.1) is 0 Å². The summed E-state index contributed by atoms with van der Waals surface area (Å²) in [5, 5.41) is 9.65. The summed E-state index contributed by atoms with van der Waals surface area (Å²) in [5.74, 6) is 0.613. The lowest BCUT2D eigenvalue weighted by molar-refractivity contribution is 0.194. The molecule has 1 aromatic heterocycles. The Morgan fingerprint density at radius 1 is 1.25 bits per heavy atom. The topological polar surface area (TPSA) is 76.5 Å². The zero-order valence-corrected chi connectivity index (χ0v) is 12.0. The number of aliphatic hydroxyl groups excluding tert-OH is 1. The zero-order chi connectivity index (χ0) is 14.8. The van der Waals surface area contributed by atoms with E-state index < -0.39 is 15.9 Å². The fraction of sp³-hybridized carbons (Fsp3) is 0.214. The van der Waals surface area contributed by atoms with Crippen LogP contribution in [-0.4, -0.2) is 24.8 Å². The minimum Gasteiger partial charge on any atom is -0.439 e. The van der Waals surface area contributed by atoms with Gasteiger partial charge < -0.3 is 9.84 Å². The molecule has 1 N–H and O–H groups in total. The lowest BCUT2D eigenvalue weighted by Crippen LogP contribution is -2.00. The van der Waals surface area contributed by atoms with Crippen LogP contribution >= 0.6 is 0 Å². The first-order chi connectivity index (χ1) is 9.38. The SMILES string of the molecule is C[C@H](O)c1cccnc1Oc1cccc(S(C)(=O)=O)c1. The third-order valence-electron chi connectivity index (χ3n) is 2.70. The van der Waals surface area contributed by atoms with E-state index in [0.717, 1.165) is 6.26 Å². The number of rotatable bonds is 4. The highest BCUT2D eigenvalue weighted by Gasteiger charge is 2.12. The summed E-state index contributed by atoms with van der Waals surface area (Å²) in [6.07, 6.45) is 1.95. The van der Waals surface area contributed by atoms with E-state index in [-0.39, 0.29) is 10.8 Å². The number of hydrogen-bond donors (Lipinski definition) is 1. The first-order valence-corrected chi connectivity index (χ1v) is 7.88. The summed E-state index contributed by atoms with van der Waals surface area (Å²) in [4.78, 5) is 4.23. The number of benzene rings is 1. The summed E-state index contributed by atoms with van der Waals surface area (Å²) in [6.45, 7) is 1.61. The highest BCUT2D eigenvalue weighted by molar-refractivity contribution is 7.90. The molecule has 0 aliphatic heterocycles. The lowest BCUT2D eigenvalue weighted by Gasteiger charge is -2.12. The summed E-state index contributed by atoms with van der Waals surface area (Å²) >= 11 is 0. The predicted octanol–water partition coefficient (Wildman–Crippen LogP) is 2.33. The molecule has 1 atom stereocenters. The molecule has 0 aliphatic carbocycles. The molecule has 1 heterocycles. The number of hydrogen-bond acceptors (Lipinski definition) is 5. The van der Waals surface area contributed by atoms with Crippen molar-refractivity contribution in [3.05, 3.63) is 48.2 Å². The number of aliphatic hydroxyl groups is 1. The third kappa shape index (κ3) is 3.34. The molecule has 0 bridgehead atoms. The van der Waals surface area contributed by atoms with E-state index in [4.69, 9.17) is 4.74 Å². The molecule has 0 saturated heterocycles. The minimum atomic E-state index is -3.29. The van der Waals surface area contributed by atoms with E-state index in [1.165, 1.54) is 12.1 Å². The molecule has 0 aliphatic rings. The van der Waals surface area contributed by atoms with Crippen molar-refractivity contribution in [1.29, 1.82) is 0 Å². The Kier molecular flexibility index (Phi) is 4.06. The molecule has 20 heavy (non-hydrogen) atoms. The third-order valence-corrected chi connectivity index (χ3v) is 3.81. The van der Waals surface area contributed by atoms with Crippen molar-refractivity contribution < 1.29 is 18.3 Å². The molecule has 0 unspecified atom stereocenters. The van der Waals surface area contributed by atoms with Crippen molar-refractivity contribution in [2.75, 3.05) is 6.26 Å². The molecule has 1 aromatic carbocycles. The average Bonchev–Trinajstić information content (AvgIpc) is 2.38. The minimum absolute atomic E-state index is 0.171. The van der Waals surface area contributed by atoms with Crippen LogP contribution in [-0.2, 0) is 9.84 Å². The molecular weight excluding hydrogens is 278 g/mol. The Morgan fingerprint density at radius 2 is 2.00 bits per heavy atom. The summed E-state index contributed by atoms with van der Waals surface area (Å²) < 4.78 is 28.6. The Labute approximate surface area is 117 Å². The molecule has 0 radical (unpaired) electrons. The molecule has 0 saturated carbocycles. The van der Waals surface area contributed by atoms with E-state index in [1.807, 2.05) is 0 Å². The fourth-order valence-electron chi connectivity index (χ4n) is 1.69. The van der Waals surface area contributed by atoms with Crippen LogP contribution in [0.25, 0.3) is 0 Å². The molecule has 0 amide bonds. The monoisotopic (exact) mass is 293 g/mol. The summed E-state index contributed by atoms with van der Waals surface area (Å²) in [6, 6.07) is 9.55. The Balaban J connectivity index is 2.36. The maximum Gasteiger partial charge on any atom is 0.225 e. The van der Waals surface area contributed by atoms with Gasteiger partial charge in [0.15, 0.2) is 9.84 Å². The van der Waals surface area contributed by atoms with Crippen LogP contribution in [0.1, 0.15) is 18.6 Å². The van der Waals surface area contributed by atoms with Gasteiger partial charge in [0, 0.05) is 18.0 Å². The molecular formula is C14H15NO4S. The first-order valence-electron chi connectivity index (χ1n) is 5.99. The largest absolute Gasteiger partial charge is 0.439 e. The highest BCUT2D eigenvalue weighted by atomic mass is 32.2. The van der Waals surface area contributed by atoms with Gasteiger partial charge in [-0.1, -0.05) is 6.07 Å². The second-order valence-electron chi connectivity index (χ2n) is 4.42. The zero-order valence-electron chi connectivity index (χ0n) is 11.1. The molecule has 0 fully saturated rings. The maximum absolute atomic E-state index is 11.5. The van der Waals surface area contributed by atoms with Crippen molar-refractivity contribution in [1.82, 2.24) is 4.98 Å². The fourth-order valence-corrected chi connectivity index (χ4v) is 2.34. The van der Waals surface area contributed by atoms with Crippen LogP contribution in [0.3, 0.4) is 0 Å². The number of aromatic nitrogens is 1. The van der Waals surface area contributed by atoms with Crippen LogP contribution in [0.5, 0.6) is 11.6 Å². The van der Waals surface area contributed by atoms with Crippen LogP contribution < -0.4 is 4.74 Å². The van der Waals surface area contributed by atoms with Crippen molar-refractivity contribution in [2.45, 2.75) is 17.9 Å². The second-order valence-corrected chi connectivity index (χ2v) is 6.44. The van der Waals surface area contributed by atoms with Gasteiger partial charge in [0.25, 0.3) is 0 Å². The number of nitrogens with zero attached hydrogens (tertiary/aromatic N) is 1. The normalized spacial score (nSPS) is 12.9. The van der Waals surface area contributed by atoms with Gasteiger partial charge in [-0.2, -0.15) is 0 Å². The van der Waals surface area contributed by atoms with Crippen molar-refractivity contribution in [2.24, 2.45) is 0 Å². The molecule has 106 valence electrons. The standard InChI is InChI=1S/C14H15NO4S/c1-10(16)13-7-4-8-15-14(13)19-11-5-3-6-12(9-11)20(2,17)18/h3-10,16H,1-2H3/t10-/m0/s1. The van der Waals surface area contributed by atoms with Crippen LogP contribution in [0.15, 0.2) is 47.5 Å². The van der Waals surface area contributed by atoms with E-state index in [9.17, 15) is 13.5 Å². The first kappa shape index (κ1) is 14.5. The van der Waals surface area contributed by atoms with Gasteiger partial charge in [-0.15, -0.1) is 0 Å². The van der Waals surface area contributed by atoms with E-state index in [0.29, 0.717) is 11.3 Å². The second kappa shape index (κ2) is 5.60. The number of sulfone groups is 1. The molecule has 2 aromatic rings. The quantitative estimate of drug-likeness (QED) is 0.936. The van der Waals surface area contributed by atoms with E-state index in [2.05, 4.69) is 4.98 Å². The van der Waals surface area contributed by atoms with E-state index >= 15 is 0 Å². The van der Waals surface area contributed by atoms with Gasteiger partial charge in [0.2, 0.25) is 5.88 Å². The summed E-state index contributed by atoms with van der Waals surface area (Å²) in [7, 11) is -3.29. The van der Waals surface area contributed by atoms with Gasteiger partial charge in [0.1, 0.15) is 5.75 Å². The van der Waals surface area contributed by atoms with Gasteiger partial charge in [-0.25, -0.2) is 13.4 Å². The molecule has 6 heteroatoms. The lowest BCUT2D eigenvalue weighted by atomic mass is 10.2. The van der Waals surface area contributed by atoms with Crippen LogP contribution in [0.2, 0.25) is 0 Å². The van der Waals surface area contributed by atoms with Crippen molar-refractivity contribution in [3.8, 4) is 11.6 Å². The maximum atomic E-state index is 11.5. The molecule has 2 rings (SSSR count). The summed E-state index contributed by atoms with van der Waals surface area (Å²) in [5.41, 5.74) is 0.539. The number of pyridine rings is 1. The van der Waals surface area contributed by atoms with Gasteiger partial charge >= 0.3 is 0 Å². The molecule has 5 nitrogen and oxygen atoms in total.